The van der Waals surface area contributed by atoms with Gasteiger partial charge in [-0.15, -0.1) is 0 Å². The van der Waals surface area contributed by atoms with Crippen LogP contribution in [0.15, 0.2) is 0 Å². The van der Waals surface area contributed by atoms with Crippen molar-refractivity contribution >= 4 is 5.97 Å². The molecule has 0 rings (SSSR count). The molecule has 24 heavy (non-hydrogen) atoms. The zero-order valence-corrected chi connectivity index (χ0v) is 17.1. The highest BCUT2D eigenvalue weighted by Crippen LogP contribution is 2.14. The maximum Gasteiger partial charge on any atom is 0.306 e. The Kier molecular flexibility index (Phi) is 16.9. The maximum absolute atomic E-state index is 11.4. The molecule has 0 fully saturated rings. The van der Waals surface area contributed by atoms with Gasteiger partial charge in [0.25, 0.3) is 0 Å². The predicted molar refractivity (Wildman–Crippen MR) is 105 cm³/mol. The van der Waals surface area contributed by atoms with Crippen LogP contribution in [0.4, 0.5) is 0 Å². The Balaban J connectivity index is 3.09. The molecule has 0 aliphatic heterocycles. The van der Waals surface area contributed by atoms with Crippen LogP contribution >= 0.6 is 0 Å². The predicted octanol–water partition coefficient (Wildman–Crippen LogP) is 7.30. The summed E-state index contributed by atoms with van der Waals surface area (Å²) in [6.45, 7) is 9.35. The number of rotatable bonds is 17. The zero-order valence-electron chi connectivity index (χ0n) is 17.1. The third-order valence-corrected chi connectivity index (χ3v) is 4.51. The Morgan fingerprint density at radius 2 is 1.04 bits per heavy atom. The number of unbranched alkanes of at least 4 members (excludes halogenated alkanes) is 11. The molecule has 0 bridgehead atoms. The summed E-state index contributed by atoms with van der Waals surface area (Å²) in [5.74, 6) is 1.24. The van der Waals surface area contributed by atoms with Crippen LogP contribution in [0.3, 0.4) is 0 Å². The normalized spacial score (nSPS) is 11.4. The van der Waals surface area contributed by atoms with Crippen LogP contribution in [0.25, 0.3) is 0 Å². The molecule has 0 atom stereocenters. The number of esters is 1. The average molecular weight is 341 g/mol. The lowest BCUT2D eigenvalue weighted by atomic mass is 10.0. The van der Waals surface area contributed by atoms with E-state index >= 15 is 0 Å². The molecule has 0 N–H and O–H groups in total. The van der Waals surface area contributed by atoms with Gasteiger partial charge in [0.2, 0.25) is 0 Å². The zero-order chi connectivity index (χ0) is 18.0. The molecule has 0 spiro atoms. The van der Waals surface area contributed by atoms with Crippen LogP contribution in [-0.2, 0) is 9.53 Å². The van der Waals surface area contributed by atoms with Crippen LogP contribution in [0, 0.1) is 11.8 Å². The minimum atomic E-state index is -0.0331. The van der Waals surface area contributed by atoms with Crippen LogP contribution in [0.2, 0.25) is 0 Å². The van der Waals surface area contributed by atoms with Gasteiger partial charge in [0.05, 0.1) is 6.61 Å². The number of hydrogen-bond acceptors (Lipinski definition) is 2. The summed E-state index contributed by atoms with van der Waals surface area (Å²) in [4.78, 5) is 11.4. The molecule has 144 valence electrons. The van der Waals surface area contributed by atoms with E-state index in [-0.39, 0.29) is 5.97 Å². The SMILES string of the molecule is CC(C)CCCCCCCCCCCCCCOC(=O)CC(C)C. The van der Waals surface area contributed by atoms with E-state index in [0.29, 0.717) is 18.9 Å². The molecule has 0 radical (unpaired) electrons. The molecular formula is C22H44O2. The fourth-order valence-corrected chi connectivity index (χ4v) is 3.00. The molecule has 0 aromatic carbocycles. The number of carbonyl (C=O) groups excluding carboxylic acids is 1. The van der Waals surface area contributed by atoms with Gasteiger partial charge in [-0.2, -0.15) is 0 Å². The van der Waals surface area contributed by atoms with Crippen molar-refractivity contribution in [3.8, 4) is 0 Å². The van der Waals surface area contributed by atoms with Crippen LogP contribution in [0.5, 0.6) is 0 Å². The van der Waals surface area contributed by atoms with Crippen molar-refractivity contribution in [1.29, 1.82) is 0 Å². The van der Waals surface area contributed by atoms with Gasteiger partial charge in [0.15, 0.2) is 0 Å². The van der Waals surface area contributed by atoms with Gasteiger partial charge < -0.3 is 4.74 Å². The van der Waals surface area contributed by atoms with Crippen molar-refractivity contribution in [3.63, 3.8) is 0 Å². The summed E-state index contributed by atoms with van der Waals surface area (Å²) in [5.41, 5.74) is 0. The van der Waals surface area contributed by atoms with E-state index < -0.39 is 0 Å². The summed E-state index contributed by atoms with van der Waals surface area (Å²) >= 11 is 0. The van der Waals surface area contributed by atoms with Gasteiger partial charge in [-0.05, 0) is 18.3 Å². The van der Waals surface area contributed by atoms with Crippen molar-refractivity contribution in [2.75, 3.05) is 6.61 Å². The van der Waals surface area contributed by atoms with E-state index in [1.54, 1.807) is 0 Å². The van der Waals surface area contributed by atoms with E-state index in [2.05, 4.69) is 13.8 Å². The fourth-order valence-electron chi connectivity index (χ4n) is 3.00. The second-order valence-electron chi connectivity index (χ2n) is 8.24. The molecule has 2 heteroatoms. The molecule has 0 aliphatic rings. The Morgan fingerprint density at radius 3 is 1.46 bits per heavy atom. The first-order chi connectivity index (χ1) is 11.5. The van der Waals surface area contributed by atoms with Crippen molar-refractivity contribution in [2.24, 2.45) is 11.8 Å². The molecule has 0 amide bonds. The fraction of sp³-hybridized carbons (Fsp3) is 0.955. The smallest absolute Gasteiger partial charge is 0.306 e. The number of carbonyl (C=O) groups is 1. The maximum atomic E-state index is 11.4. The second-order valence-corrected chi connectivity index (χ2v) is 8.24. The van der Waals surface area contributed by atoms with Crippen LogP contribution < -0.4 is 0 Å². The van der Waals surface area contributed by atoms with Gasteiger partial charge >= 0.3 is 5.97 Å². The highest BCUT2D eigenvalue weighted by atomic mass is 16.5. The van der Waals surface area contributed by atoms with E-state index in [1.165, 1.54) is 77.0 Å². The first kappa shape index (κ1) is 23.5. The Morgan fingerprint density at radius 1 is 0.625 bits per heavy atom. The molecule has 0 heterocycles. The highest BCUT2D eigenvalue weighted by Gasteiger charge is 2.05. The average Bonchev–Trinajstić information content (AvgIpc) is 2.50. The standard InChI is InChI=1S/C22H44O2/c1-20(2)17-15-13-11-9-7-5-6-8-10-12-14-16-18-24-22(23)19-21(3)4/h20-21H,5-19H2,1-4H3. The Bertz CT molecular complexity index is 271. The van der Waals surface area contributed by atoms with Crippen LogP contribution in [-0.4, -0.2) is 12.6 Å². The largest absolute Gasteiger partial charge is 0.466 e. The first-order valence-corrected chi connectivity index (χ1v) is 10.7. The van der Waals surface area contributed by atoms with Crippen molar-refractivity contribution in [3.05, 3.63) is 0 Å². The Labute approximate surface area is 152 Å². The third-order valence-electron chi connectivity index (χ3n) is 4.51. The van der Waals surface area contributed by atoms with Gasteiger partial charge in [-0.1, -0.05) is 105 Å². The van der Waals surface area contributed by atoms with E-state index in [1.807, 2.05) is 13.8 Å². The molecule has 0 unspecified atom stereocenters. The summed E-state index contributed by atoms with van der Waals surface area (Å²) in [6, 6.07) is 0. The lowest BCUT2D eigenvalue weighted by Crippen LogP contribution is -2.08. The molecule has 0 saturated carbocycles. The number of hydrogen-bond donors (Lipinski definition) is 0. The highest BCUT2D eigenvalue weighted by molar-refractivity contribution is 5.69. The lowest BCUT2D eigenvalue weighted by molar-refractivity contribution is -0.144. The van der Waals surface area contributed by atoms with E-state index in [4.69, 9.17) is 4.74 Å². The van der Waals surface area contributed by atoms with Crippen molar-refractivity contribution in [1.82, 2.24) is 0 Å². The molecule has 0 aromatic heterocycles. The van der Waals surface area contributed by atoms with E-state index in [0.717, 1.165) is 12.3 Å². The molecule has 0 saturated heterocycles. The first-order valence-electron chi connectivity index (χ1n) is 10.7. The molecule has 0 aromatic rings. The summed E-state index contributed by atoms with van der Waals surface area (Å²) in [6.07, 6.45) is 18.1. The van der Waals surface area contributed by atoms with Crippen LogP contribution in [0.1, 0.15) is 118 Å². The monoisotopic (exact) mass is 340 g/mol. The van der Waals surface area contributed by atoms with Crippen molar-refractivity contribution < 1.29 is 9.53 Å². The topological polar surface area (TPSA) is 26.3 Å². The lowest BCUT2D eigenvalue weighted by Gasteiger charge is -2.06. The quantitative estimate of drug-likeness (QED) is 0.205. The summed E-state index contributed by atoms with van der Waals surface area (Å²) in [5, 5.41) is 0. The summed E-state index contributed by atoms with van der Waals surface area (Å²) in [7, 11) is 0. The summed E-state index contributed by atoms with van der Waals surface area (Å²) < 4.78 is 5.23. The van der Waals surface area contributed by atoms with Gasteiger partial charge in [-0.25, -0.2) is 0 Å². The number of ether oxygens (including phenoxy) is 1. The van der Waals surface area contributed by atoms with Gasteiger partial charge in [0.1, 0.15) is 0 Å². The Hall–Kier alpha value is -0.530. The van der Waals surface area contributed by atoms with E-state index in [9.17, 15) is 4.79 Å². The minimum absolute atomic E-state index is 0.0331. The third kappa shape index (κ3) is 19.5. The van der Waals surface area contributed by atoms with Gasteiger partial charge in [0, 0.05) is 6.42 Å². The molecular weight excluding hydrogens is 296 g/mol. The molecule has 2 nitrogen and oxygen atoms in total. The molecule has 0 aliphatic carbocycles. The second kappa shape index (κ2) is 17.3. The minimum Gasteiger partial charge on any atom is -0.466 e. The van der Waals surface area contributed by atoms with Crippen molar-refractivity contribution in [2.45, 2.75) is 118 Å². The van der Waals surface area contributed by atoms with Gasteiger partial charge in [-0.3, -0.25) is 4.79 Å².